The second-order valence-corrected chi connectivity index (χ2v) is 6.84. The lowest BCUT2D eigenvalue weighted by Crippen LogP contribution is -2.48. The Labute approximate surface area is 148 Å². The normalized spacial score (nSPS) is 20.4. The number of ether oxygens (including phenoxy) is 1. The lowest BCUT2D eigenvalue weighted by atomic mass is 9.75. The quantitative estimate of drug-likeness (QED) is 0.850. The summed E-state index contributed by atoms with van der Waals surface area (Å²) in [7, 11) is 1.62. The van der Waals surface area contributed by atoms with Crippen LogP contribution in [0.1, 0.15) is 34.3 Å². The molecule has 4 nitrogen and oxygen atoms in total. The fourth-order valence-corrected chi connectivity index (χ4v) is 3.43. The summed E-state index contributed by atoms with van der Waals surface area (Å²) in [6, 6.07) is 15.7. The van der Waals surface area contributed by atoms with E-state index in [0.717, 1.165) is 30.6 Å². The average Bonchev–Trinajstić information content (AvgIpc) is 2.59. The SMILES string of the molecule is COc1ccc(C(=O)NC(Cc2ccccc2)C2CC(O)C2)cc1C. The Morgan fingerprint density at radius 3 is 2.56 bits per heavy atom. The molecule has 0 radical (unpaired) electrons. The summed E-state index contributed by atoms with van der Waals surface area (Å²) < 4.78 is 5.26. The van der Waals surface area contributed by atoms with Crippen molar-refractivity contribution in [1.82, 2.24) is 5.32 Å². The maximum absolute atomic E-state index is 12.7. The predicted molar refractivity (Wildman–Crippen MR) is 97.9 cm³/mol. The maximum Gasteiger partial charge on any atom is 0.251 e. The van der Waals surface area contributed by atoms with Gasteiger partial charge >= 0.3 is 0 Å². The van der Waals surface area contributed by atoms with Crippen LogP contribution in [0.25, 0.3) is 0 Å². The maximum atomic E-state index is 12.7. The second kappa shape index (κ2) is 7.70. The monoisotopic (exact) mass is 339 g/mol. The number of aryl methyl sites for hydroxylation is 1. The van der Waals surface area contributed by atoms with Crippen molar-refractivity contribution < 1.29 is 14.6 Å². The van der Waals surface area contributed by atoms with Crippen molar-refractivity contribution in [2.45, 2.75) is 38.3 Å². The number of hydrogen-bond acceptors (Lipinski definition) is 3. The van der Waals surface area contributed by atoms with E-state index >= 15 is 0 Å². The van der Waals surface area contributed by atoms with Gasteiger partial charge in [0.25, 0.3) is 5.91 Å². The molecule has 0 aliphatic heterocycles. The standard InChI is InChI=1S/C21H25NO3/c1-14-10-16(8-9-20(14)25-2)21(24)22-19(17-12-18(23)13-17)11-15-6-4-3-5-7-15/h3-10,17-19,23H,11-13H2,1-2H3,(H,22,24). The molecule has 1 amide bonds. The van der Waals surface area contributed by atoms with Gasteiger partial charge in [0.15, 0.2) is 0 Å². The molecule has 0 bridgehead atoms. The zero-order valence-electron chi connectivity index (χ0n) is 14.7. The number of hydrogen-bond donors (Lipinski definition) is 2. The van der Waals surface area contributed by atoms with E-state index in [1.165, 1.54) is 5.56 Å². The van der Waals surface area contributed by atoms with Gasteiger partial charge in [-0.25, -0.2) is 0 Å². The molecule has 0 spiro atoms. The molecule has 4 heteroatoms. The number of aliphatic hydroxyl groups excluding tert-OH is 1. The van der Waals surface area contributed by atoms with E-state index in [1.54, 1.807) is 13.2 Å². The molecule has 2 aromatic carbocycles. The third kappa shape index (κ3) is 4.20. The van der Waals surface area contributed by atoms with Crippen LogP contribution in [0.3, 0.4) is 0 Å². The van der Waals surface area contributed by atoms with Gasteiger partial charge in [-0.3, -0.25) is 4.79 Å². The molecule has 1 atom stereocenters. The number of rotatable bonds is 6. The lowest BCUT2D eigenvalue weighted by molar-refractivity contribution is 0.0239. The molecule has 0 heterocycles. The molecule has 1 aliphatic carbocycles. The second-order valence-electron chi connectivity index (χ2n) is 6.84. The average molecular weight is 339 g/mol. The lowest BCUT2D eigenvalue weighted by Gasteiger charge is -2.38. The molecular weight excluding hydrogens is 314 g/mol. The van der Waals surface area contributed by atoms with Gasteiger partial charge in [0.1, 0.15) is 5.75 Å². The third-order valence-corrected chi connectivity index (χ3v) is 4.99. The minimum absolute atomic E-state index is 0.0284. The van der Waals surface area contributed by atoms with E-state index in [4.69, 9.17) is 4.74 Å². The number of carbonyl (C=O) groups excluding carboxylic acids is 1. The Morgan fingerprint density at radius 2 is 1.96 bits per heavy atom. The first kappa shape index (κ1) is 17.5. The first-order valence-corrected chi connectivity index (χ1v) is 8.74. The van der Waals surface area contributed by atoms with Crippen molar-refractivity contribution in [2.75, 3.05) is 7.11 Å². The van der Waals surface area contributed by atoms with Crippen molar-refractivity contribution in [3.05, 3.63) is 65.2 Å². The Hall–Kier alpha value is -2.33. The fourth-order valence-electron chi connectivity index (χ4n) is 3.43. The number of methoxy groups -OCH3 is 1. The van der Waals surface area contributed by atoms with E-state index in [1.807, 2.05) is 37.3 Å². The highest BCUT2D eigenvalue weighted by molar-refractivity contribution is 5.94. The molecule has 0 saturated heterocycles. The molecule has 1 saturated carbocycles. The van der Waals surface area contributed by atoms with Crippen molar-refractivity contribution in [2.24, 2.45) is 5.92 Å². The van der Waals surface area contributed by atoms with Gasteiger partial charge in [-0.2, -0.15) is 0 Å². The van der Waals surface area contributed by atoms with Crippen molar-refractivity contribution in [3.63, 3.8) is 0 Å². The van der Waals surface area contributed by atoms with Gasteiger partial charge in [0.05, 0.1) is 13.2 Å². The zero-order valence-corrected chi connectivity index (χ0v) is 14.7. The first-order valence-electron chi connectivity index (χ1n) is 8.74. The van der Waals surface area contributed by atoms with Crippen LogP contribution < -0.4 is 10.1 Å². The van der Waals surface area contributed by atoms with Crippen LogP contribution in [0.5, 0.6) is 5.75 Å². The molecule has 1 fully saturated rings. The highest BCUT2D eigenvalue weighted by Gasteiger charge is 2.34. The van der Waals surface area contributed by atoms with Gasteiger partial charge in [-0.15, -0.1) is 0 Å². The van der Waals surface area contributed by atoms with Crippen LogP contribution >= 0.6 is 0 Å². The van der Waals surface area contributed by atoms with Crippen LogP contribution in [-0.4, -0.2) is 30.3 Å². The Bertz CT molecular complexity index is 723. The Morgan fingerprint density at radius 1 is 1.24 bits per heavy atom. The minimum Gasteiger partial charge on any atom is -0.496 e. The van der Waals surface area contributed by atoms with Crippen molar-refractivity contribution >= 4 is 5.91 Å². The van der Waals surface area contributed by atoms with Crippen molar-refractivity contribution in [3.8, 4) is 5.75 Å². The zero-order chi connectivity index (χ0) is 17.8. The van der Waals surface area contributed by atoms with E-state index in [-0.39, 0.29) is 18.1 Å². The van der Waals surface area contributed by atoms with Gasteiger partial charge in [0, 0.05) is 11.6 Å². The summed E-state index contributed by atoms with van der Waals surface area (Å²) in [6.45, 7) is 1.93. The van der Waals surface area contributed by atoms with Crippen LogP contribution in [0, 0.1) is 12.8 Å². The highest BCUT2D eigenvalue weighted by atomic mass is 16.5. The third-order valence-electron chi connectivity index (χ3n) is 4.99. The molecule has 3 rings (SSSR count). The fraction of sp³-hybridized carbons (Fsp3) is 0.381. The summed E-state index contributed by atoms with van der Waals surface area (Å²) in [5.41, 5.74) is 2.77. The molecule has 1 unspecified atom stereocenters. The number of aliphatic hydroxyl groups is 1. The summed E-state index contributed by atoms with van der Waals surface area (Å²) in [5.74, 6) is 1.02. The van der Waals surface area contributed by atoms with Crippen LogP contribution in [0.2, 0.25) is 0 Å². The van der Waals surface area contributed by atoms with Crippen LogP contribution in [-0.2, 0) is 6.42 Å². The topological polar surface area (TPSA) is 58.6 Å². The molecule has 2 aromatic rings. The largest absolute Gasteiger partial charge is 0.496 e. The highest BCUT2D eigenvalue weighted by Crippen LogP contribution is 2.32. The van der Waals surface area contributed by atoms with Gasteiger partial charge in [-0.1, -0.05) is 30.3 Å². The van der Waals surface area contributed by atoms with Gasteiger partial charge in [0.2, 0.25) is 0 Å². The summed E-state index contributed by atoms with van der Waals surface area (Å²) in [4.78, 5) is 12.7. The molecule has 0 aromatic heterocycles. The minimum atomic E-state index is -0.233. The Balaban J connectivity index is 1.73. The number of nitrogens with one attached hydrogen (secondary N) is 1. The summed E-state index contributed by atoms with van der Waals surface area (Å²) in [6.07, 6.45) is 2.04. The number of carbonyl (C=O) groups is 1. The molecule has 2 N–H and O–H groups in total. The smallest absolute Gasteiger partial charge is 0.251 e. The summed E-state index contributed by atoms with van der Waals surface area (Å²) >= 11 is 0. The first-order chi connectivity index (χ1) is 12.1. The Kier molecular flexibility index (Phi) is 5.39. The van der Waals surface area contributed by atoms with Crippen molar-refractivity contribution in [1.29, 1.82) is 0 Å². The number of benzene rings is 2. The molecule has 25 heavy (non-hydrogen) atoms. The van der Waals surface area contributed by atoms with Gasteiger partial charge in [-0.05, 0) is 61.4 Å². The number of amides is 1. The predicted octanol–water partition coefficient (Wildman–Crippen LogP) is 3.12. The molecule has 1 aliphatic rings. The van der Waals surface area contributed by atoms with E-state index < -0.39 is 0 Å². The molecule has 132 valence electrons. The van der Waals surface area contributed by atoms with E-state index in [9.17, 15) is 9.90 Å². The summed E-state index contributed by atoms with van der Waals surface area (Å²) in [5, 5.41) is 12.8. The van der Waals surface area contributed by atoms with Crippen LogP contribution in [0.15, 0.2) is 48.5 Å². The van der Waals surface area contributed by atoms with E-state index in [2.05, 4.69) is 17.4 Å². The van der Waals surface area contributed by atoms with E-state index in [0.29, 0.717) is 11.5 Å². The van der Waals surface area contributed by atoms with Gasteiger partial charge < -0.3 is 15.2 Å². The van der Waals surface area contributed by atoms with Crippen LogP contribution in [0.4, 0.5) is 0 Å². The molecular formula is C21H25NO3.